The second-order valence-electron chi connectivity index (χ2n) is 5.79. The lowest BCUT2D eigenvalue weighted by Gasteiger charge is -2.26. The van der Waals surface area contributed by atoms with E-state index in [-0.39, 0.29) is 11.6 Å². The van der Waals surface area contributed by atoms with Gasteiger partial charge in [0.05, 0.1) is 13.2 Å². The lowest BCUT2D eigenvalue weighted by molar-refractivity contribution is 0.0383. The van der Waals surface area contributed by atoms with Crippen LogP contribution in [0.1, 0.15) is 10.5 Å². The number of fused-ring (bicyclic) bond motifs is 1. The number of carbonyl (C=O) groups excluding carboxylic acids is 1. The van der Waals surface area contributed by atoms with Gasteiger partial charge < -0.3 is 10.1 Å². The molecule has 0 saturated carbocycles. The highest BCUT2D eigenvalue weighted by Gasteiger charge is 2.15. The molecule has 4 rings (SSSR count). The average Bonchev–Trinajstić information content (AvgIpc) is 3.12. The Hall–Kier alpha value is -2.98. The van der Waals surface area contributed by atoms with Crippen molar-refractivity contribution in [1.82, 2.24) is 40.0 Å². The molecule has 3 aromatic rings. The van der Waals surface area contributed by atoms with Crippen LogP contribution in [0.5, 0.6) is 0 Å². The predicted octanol–water partition coefficient (Wildman–Crippen LogP) is -0.357. The first-order chi connectivity index (χ1) is 12.8. The molecule has 134 valence electrons. The lowest BCUT2D eigenvalue weighted by Crippen LogP contribution is -2.41. The van der Waals surface area contributed by atoms with Gasteiger partial charge in [-0.3, -0.25) is 9.69 Å². The Labute approximate surface area is 149 Å². The zero-order valence-corrected chi connectivity index (χ0v) is 14.1. The smallest absolute Gasteiger partial charge is 0.271 e. The summed E-state index contributed by atoms with van der Waals surface area (Å²) in [6, 6.07) is 5.04. The summed E-state index contributed by atoms with van der Waals surface area (Å²) in [5.41, 5.74) is 0.814. The minimum atomic E-state index is -0.242. The summed E-state index contributed by atoms with van der Waals surface area (Å²) >= 11 is 0. The Morgan fingerprint density at radius 1 is 1.15 bits per heavy atom. The predicted molar refractivity (Wildman–Crippen MR) is 91.4 cm³/mol. The maximum Gasteiger partial charge on any atom is 0.271 e. The Balaban J connectivity index is 1.47. The van der Waals surface area contributed by atoms with E-state index in [9.17, 15) is 4.79 Å². The Bertz CT molecular complexity index is 892. The number of hydrogen-bond acceptors (Lipinski definition) is 8. The first kappa shape index (κ1) is 16.5. The summed E-state index contributed by atoms with van der Waals surface area (Å²) in [6.45, 7) is 4.60. The maximum atomic E-state index is 12.4. The van der Waals surface area contributed by atoms with E-state index < -0.39 is 0 Å². The molecule has 1 saturated heterocycles. The number of hydrogen-bond donors (Lipinski definition) is 1. The van der Waals surface area contributed by atoms with Crippen molar-refractivity contribution < 1.29 is 9.53 Å². The van der Waals surface area contributed by atoms with Crippen LogP contribution >= 0.6 is 0 Å². The molecule has 0 unspecified atom stereocenters. The second kappa shape index (κ2) is 7.50. The number of nitrogens with zero attached hydrogens (tertiary/aromatic N) is 7. The van der Waals surface area contributed by atoms with E-state index in [0.717, 1.165) is 32.8 Å². The third kappa shape index (κ3) is 3.51. The topological polar surface area (TPSA) is 110 Å². The van der Waals surface area contributed by atoms with E-state index in [1.807, 2.05) is 0 Å². The molecule has 3 aromatic heterocycles. The van der Waals surface area contributed by atoms with Crippen molar-refractivity contribution in [3.05, 3.63) is 36.3 Å². The molecule has 1 amide bonds. The molecule has 0 spiro atoms. The molecule has 4 heterocycles. The fourth-order valence-electron chi connectivity index (χ4n) is 2.71. The molecule has 0 aromatic carbocycles. The molecular formula is C16H18N8O2. The summed E-state index contributed by atoms with van der Waals surface area (Å²) in [6.07, 6.45) is 3.23. The first-order valence-corrected chi connectivity index (χ1v) is 8.39. The van der Waals surface area contributed by atoms with Crippen LogP contribution in [0.25, 0.3) is 17.3 Å². The van der Waals surface area contributed by atoms with Gasteiger partial charge in [0.15, 0.2) is 11.5 Å². The second-order valence-corrected chi connectivity index (χ2v) is 5.79. The molecule has 10 nitrogen and oxygen atoms in total. The van der Waals surface area contributed by atoms with Crippen LogP contribution in [-0.2, 0) is 4.74 Å². The molecule has 1 fully saturated rings. The van der Waals surface area contributed by atoms with E-state index >= 15 is 0 Å². The molecule has 0 aliphatic carbocycles. The van der Waals surface area contributed by atoms with E-state index in [1.54, 1.807) is 30.6 Å². The van der Waals surface area contributed by atoms with Crippen LogP contribution in [0, 0.1) is 0 Å². The fourth-order valence-corrected chi connectivity index (χ4v) is 2.71. The number of carbonyl (C=O) groups is 1. The number of morpholine rings is 1. The quantitative estimate of drug-likeness (QED) is 0.662. The number of nitrogens with one attached hydrogen (secondary N) is 1. The summed E-state index contributed by atoms with van der Waals surface area (Å²) in [5, 5.41) is 15.3. The summed E-state index contributed by atoms with van der Waals surface area (Å²) in [4.78, 5) is 23.0. The van der Waals surface area contributed by atoms with Crippen LogP contribution < -0.4 is 5.32 Å². The zero-order chi connectivity index (χ0) is 17.8. The monoisotopic (exact) mass is 354 g/mol. The van der Waals surface area contributed by atoms with Gasteiger partial charge in [-0.25, -0.2) is 9.97 Å². The minimum Gasteiger partial charge on any atom is -0.379 e. The highest BCUT2D eigenvalue weighted by atomic mass is 16.5. The first-order valence-electron chi connectivity index (χ1n) is 8.39. The molecule has 10 heteroatoms. The highest BCUT2D eigenvalue weighted by Crippen LogP contribution is 2.12. The Morgan fingerprint density at radius 3 is 2.77 bits per heavy atom. The number of aromatic nitrogens is 6. The molecule has 1 aliphatic heterocycles. The minimum absolute atomic E-state index is 0.242. The Kier molecular flexibility index (Phi) is 4.75. The molecule has 0 atom stereocenters. The molecule has 0 radical (unpaired) electrons. The molecule has 1 N–H and O–H groups in total. The van der Waals surface area contributed by atoms with E-state index in [2.05, 4.69) is 35.5 Å². The van der Waals surface area contributed by atoms with Gasteiger partial charge in [-0.1, -0.05) is 0 Å². The van der Waals surface area contributed by atoms with Crippen molar-refractivity contribution in [2.45, 2.75) is 0 Å². The zero-order valence-electron chi connectivity index (χ0n) is 14.1. The van der Waals surface area contributed by atoms with E-state index in [0.29, 0.717) is 23.8 Å². The molecule has 0 bridgehead atoms. The SMILES string of the molecule is O=C(NCCN1CCOCC1)c1ccc2nnc(-c3ncccn3)n2n1. The largest absolute Gasteiger partial charge is 0.379 e. The normalized spacial score (nSPS) is 15.2. The standard InChI is InChI=1S/C16H18N8O2/c25-16(19-6-7-23-8-10-26-11-9-23)12-2-3-13-20-21-15(24(13)22-12)14-17-4-1-5-18-14/h1-5H,6-11H2,(H,19,25). The van der Waals surface area contributed by atoms with Gasteiger partial charge in [-0.2, -0.15) is 9.61 Å². The number of ether oxygens (including phenoxy) is 1. The van der Waals surface area contributed by atoms with Crippen LogP contribution in [0.15, 0.2) is 30.6 Å². The maximum absolute atomic E-state index is 12.4. The van der Waals surface area contributed by atoms with Crippen molar-refractivity contribution >= 4 is 11.6 Å². The van der Waals surface area contributed by atoms with Crippen LogP contribution in [0.2, 0.25) is 0 Å². The lowest BCUT2D eigenvalue weighted by atomic mass is 10.3. The summed E-state index contributed by atoms with van der Waals surface area (Å²) in [5.74, 6) is 0.551. The molecule has 1 aliphatic rings. The van der Waals surface area contributed by atoms with Gasteiger partial charge in [-0.15, -0.1) is 10.2 Å². The molecule has 26 heavy (non-hydrogen) atoms. The third-order valence-corrected chi connectivity index (χ3v) is 4.08. The van der Waals surface area contributed by atoms with Crippen molar-refractivity contribution in [3.63, 3.8) is 0 Å². The summed E-state index contributed by atoms with van der Waals surface area (Å²) < 4.78 is 6.79. The summed E-state index contributed by atoms with van der Waals surface area (Å²) in [7, 11) is 0. The van der Waals surface area contributed by atoms with Gasteiger partial charge in [0, 0.05) is 38.6 Å². The van der Waals surface area contributed by atoms with Gasteiger partial charge in [0.25, 0.3) is 5.91 Å². The van der Waals surface area contributed by atoms with Crippen LogP contribution in [-0.4, -0.2) is 80.0 Å². The fraction of sp³-hybridized carbons (Fsp3) is 0.375. The Morgan fingerprint density at radius 2 is 1.96 bits per heavy atom. The van der Waals surface area contributed by atoms with Crippen molar-refractivity contribution in [2.24, 2.45) is 0 Å². The third-order valence-electron chi connectivity index (χ3n) is 4.08. The number of amides is 1. The average molecular weight is 354 g/mol. The van der Waals surface area contributed by atoms with Gasteiger partial charge in [0.1, 0.15) is 5.69 Å². The van der Waals surface area contributed by atoms with Crippen LogP contribution in [0.4, 0.5) is 0 Å². The highest BCUT2D eigenvalue weighted by molar-refractivity contribution is 5.92. The van der Waals surface area contributed by atoms with Gasteiger partial charge in [0.2, 0.25) is 5.82 Å². The van der Waals surface area contributed by atoms with E-state index in [4.69, 9.17) is 4.74 Å². The van der Waals surface area contributed by atoms with Crippen molar-refractivity contribution in [2.75, 3.05) is 39.4 Å². The van der Waals surface area contributed by atoms with E-state index in [1.165, 1.54) is 4.52 Å². The van der Waals surface area contributed by atoms with Crippen molar-refractivity contribution in [1.29, 1.82) is 0 Å². The van der Waals surface area contributed by atoms with Gasteiger partial charge >= 0.3 is 0 Å². The number of rotatable bonds is 5. The van der Waals surface area contributed by atoms with Gasteiger partial charge in [-0.05, 0) is 18.2 Å². The molecular weight excluding hydrogens is 336 g/mol. The van der Waals surface area contributed by atoms with Crippen LogP contribution in [0.3, 0.4) is 0 Å². The van der Waals surface area contributed by atoms with Crippen molar-refractivity contribution in [3.8, 4) is 11.6 Å².